The van der Waals surface area contributed by atoms with Crippen LogP contribution in [0.15, 0.2) is 18.2 Å². The summed E-state index contributed by atoms with van der Waals surface area (Å²) >= 11 is 0. The molecule has 2 N–H and O–H groups in total. The van der Waals surface area contributed by atoms with E-state index in [1.54, 1.807) is 23.1 Å². The van der Waals surface area contributed by atoms with Crippen molar-refractivity contribution in [2.45, 2.75) is 51.6 Å². The molecule has 1 saturated heterocycles. The monoisotopic (exact) mass is 365 g/mol. The van der Waals surface area contributed by atoms with Gasteiger partial charge in [0.15, 0.2) is 0 Å². The largest absolute Gasteiger partial charge is 0.398 e. The predicted molar refractivity (Wildman–Crippen MR) is 97.2 cm³/mol. The van der Waals surface area contributed by atoms with Crippen LogP contribution < -0.4 is 5.73 Å². The first kappa shape index (κ1) is 19.2. The quantitative estimate of drug-likeness (QED) is 0.493. The number of piperidine rings is 1. The highest BCUT2D eigenvalue weighted by molar-refractivity contribution is 6.06. The molecule has 2 aliphatic rings. The van der Waals surface area contributed by atoms with Gasteiger partial charge in [-0.05, 0) is 25.0 Å². The van der Waals surface area contributed by atoms with Crippen LogP contribution in [-0.2, 0) is 16.1 Å². The normalized spacial score (nSPS) is 19.9. The molecule has 0 aliphatic carbocycles. The Hall–Kier alpha value is -2.08. The standard InChI is InChI=1S/C18H23N3O3.ClH/c1-2-3-4-10-20-16(22)9-8-15(18(20)24)21-11-13-12(17(21)23)6-5-7-14(13)19;/h5-7,15H,2-4,8-11,19H2,1H3;1H. The lowest BCUT2D eigenvalue weighted by molar-refractivity contribution is -0.152. The van der Waals surface area contributed by atoms with Crippen molar-refractivity contribution in [3.63, 3.8) is 0 Å². The molecule has 0 bridgehead atoms. The molecule has 3 rings (SSSR count). The van der Waals surface area contributed by atoms with E-state index in [0.29, 0.717) is 37.2 Å². The molecule has 0 radical (unpaired) electrons. The molecular weight excluding hydrogens is 342 g/mol. The molecule has 0 aromatic heterocycles. The van der Waals surface area contributed by atoms with Crippen LogP contribution in [0.5, 0.6) is 0 Å². The second-order valence-corrected chi connectivity index (χ2v) is 6.45. The highest BCUT2D eigenvalue weighted by atomic mass is 35.5. The summed E-state index contributed by atoms with van der Waals surface area (Å²) in [5.41, 5.74) is 7.88. The molecule has 1 atom stereocenters. The minimum absolute atomic E-state index is 0. The van der Waals surface area contributed by atoms with Gasteiger partial charge in [0, 0.05) is 36.3 Å². The summed E-state index contributed by atoms with van der Waals surface area (Å²) in [7, 11) is 0. The lowest BCUT2D eigenvalue weighted by Gasteiger charge is -2.35. The van der Waals surface area contributed by atoms with Gasteiger partial charge >= 0.3 is 0 Å². The van der Waals surface area contributed by atoms with Crippen molar-refractivity contribution in [3.05, 3.63) is 29.3 Å². The molecule has 6 nitrogen and oxygen atoms in total. The Morgan fingerprint density at radius 1 is 1.20 bits per heavy atom. The molecule has 2 aliphatic heterocycles. The van der Waals surface area contributed by atoms with Crippen molar-refractivity contribution in [2.24, 2.45) is 0 Å². The van der Waals surface area contributed by atoms with E-state index < -0.39 is 6.04 Å². The van der Waals surface area contributed by atoms with Gasteiger partial charge in [-0.15, -0.1) is 12.4 Å². The maximum absolute atomic E-state index is 12.8. The number of carbonyl (C=O) groups is 3. The molecule has 1 fully saturated rings. The SMILES string of the molecule is CCCCCN1C(=O)CCC(N2Cc3c(N)cccc3C2=O)C1=O.Cl. The van der Waals surface area contributed by atoms with Gasteiger partial charge in [0.1, 0.15) is 6.04 Å². The molecule has 25 heavy (non-hydrogen) atoms. The third-order valence-corrected chi connectivity index (χ3v) is 4.88. The maximum atomic E-state index is 12.8. The van der Waals surface area contributed by atoms with Gasteiger partial charge in [-0.3, -0.25) is 19.3 Å². The number of hydrogen-bond donors (Lipinski definition) is 1. The second kappa shape index (κ2) is 7.87. The first-order valence-electron chi connectivity index (χ1n) is 8.57. The van der Waals surface area contributed by atoms with Crippen LogP contribution in [0.2, 0.25) is 0 Å². The number of likely N-dealkylation sites (tertiary alicyclic amines) is 1. The van der Waals surface area contributed by atoms with Crippen LogP contribution in [0.4, 0.5) is 5.69 Å². The summed E-state index contributed by atoms with van der Waals surface area (Å²) in [6.45, 7) is 2.86. The van der Waals surface area contributed by atoms with Crippen LogP contribution >= 0.6 is 12.4 Å². The number of imide groups is 1. The van der Waals surface area contributed by atoms with Gasteiger partial charge < -0.3 is 10.6 Å². The minimum Gasteiger partial charge on any atom is -0.398 e. The number of fused-ring (bicyclic) bond motifs is 1. The van der Waals surface area contributed by atoms with E-state index in [4.69, 9.17) is 5.73 Å². The summed E-state index contributed by atoms with van der Waals surface area (Å²) in [6, 6.07) is 4.69. The van der Waals surface area contributed by atoms with Gasteiger partial charge in [0.25, 0.3) is 11.8 Å². The summed E-state index contributed by atoms with van der Waals surface area (Å²) in [5, 5.41) is 0. The first-order chi connectivity index (χ1) is 11.5. The number of anilines is 1. The zero-order chi connectivity index (χ0) is 17.3. The van der Waals surface area contributed by atoms with Gasteiger partial charge in [-0.2, -0.15) is 0 Å². The molecule has 1 aromatic rings. The van der Waals surface area contributed by atoms with Gasteiger partial charge in [0.05, 0.1) is 0 Å². The molecule has 3 amide bonds. The molecule has 0 spiro atoms. The Morgan fingerprint density at radius 2 is 1.96 bits per heavy atom. The van der Waals surface area contributed by atoms with E-state index in [2.05, 4.69) is 6.92 Å². The van der Waals surface area contributed by atoms with Crippen molar-refractivity contribution in [2.75, 3.05) is 12.3 Å². The summed E-state index contributed by atoms with van der Waals surface area (Å²) in [6.07, 6.45) is 3.51. The van der Waals surface area contributed by atoms with Gasteiger partial charge in [0.2, 0.25) is 5.91 Å². The zero-order valence-electron chi connectivity index (χ0n) is 14.4. The predicted octanol–water partition coefficient (Wildman–Crippen LogP) is 2.35. The molecule has 136 valence electrons. The number of nitrogens with zero attached hydrogens (tertiary/aromatic N) is 2. The second-order valence-electron chi connectivity index (χ2n) is 6.45. The van der Waals surface area contributed by atoms with Crippen molar-refractivity contribution in [1.29, 1.82) is 0 Å². The number of unbranched alkanes of at least 4 members (excludes halogenated alkanes) is 2. The van der Waals surface area contributed by atoms with Crippen LogP contribution in [0, 0.1) is 0 Å². The van der Waals surface area contributed by atoms with Gasteiger partial charge in [-0.25, -0.2) is 0 Å². The Kier molecular flexibility index (Phi) is 6.06. The number of nitrogen functional groups attached to an aromatic ring is 1. The van der Waals surface area contributed by atoms with Crippen molar-refractivity contribution in [1.82, 2.24) is 9.80 Å². The third-order valence-electron chi connectivity index (χ3n) is 4.88. The Morgan fingerprint density at radius 3 is 2.64 bits per heavy atom. The highest BCUT2D eigenvalue weighted by Gasteiger charge is 2.42. The van der Waals surface area contributed by atoms with Crippen molar-refractivity contribution >= 4 is 35.8 Å². The topological polar surface area (TPSA) is 83.7 Å². The number of amides is 3. The number of nitrogens with two attached hydrogens (primary N) is 1. The molecule has 2 heterocycles. The Bertz CT molecular complexity index is 692. The van der Waals surface area contributed by atoms with E-state index in [9.17, 15) is 14.4 Å². The van der Waals surface area contributed by atoms with E-state index in [1.807, 2.05) is 0 Å². The Balaban J connectivity index is 0.00000225. The fourth-order valence-corrected chi connectivity index (χ4v) is 3.50. The zero-order valence-corrected chi connectivity index (χ0v) is 15.2. The van der Waals surface area contributed by atoms with Crippen LogP contribution in [0.3, 0.4) is 0 Å². The molecule has 7 heteroatoms. The summed E-state index contributed by atoms with van der Waals surface area (Å²) in [5.74, 6) is -0.545. The van der Waals surface area contributed by atoms with Gasteiger partial charge in [-0.1, -0.05) is 25.8 Å². The molecule has 1 unspecified atom stereocenters. The highest BCUT2D eigenvalue weighted by Crippen LogP contribution is 2.32. The summed E-state index contributed by atoms with van der Waals surface area (Å²) < 4.78 is 0. The number of halogens is 1. The number of benzene rings is 1. The third kappa shape index (κ3) is 3.49. The lowest BCUT2D eigenvalue weighted by Crippen LogP contribution is -2.54. The van der Waals surface area contributed by atoms with E-state index in [-0.39, 0.29) is 30.1 Å². The maximum Gasteiger partial charge on any atom is 0.255 e. The molecule has 0 saturated carbocycles. The van der Waals surface area contributed by atoms with Crippen LogP contribution in [0.1, 0.15) is 54.9 Å². The Labute approximate surface area is 153 Å². The average molecular weight is 366 g/mol. The van der Waals surface area contributed by atoms with Crippen molar-refractivity contribution < 1.29 is 14.4 Å². The van der Waals surface area contributed by atoms with E-state index in [1.165, 1.54) is 4.90 Å². The molecule has 1 aromatic carbocycles. The first-order valence-corrected chi connectivity index (χ1v) is 8.57. The average Bonchev–Trinajstić information content (AvgIpc) is 2.89. The van der Waals surface area contributed by atoms with E-state index in [0.717, 1.165) is 24.8 Å². The number of rotatable bonds is 5. The number of hydrogen-bond acceptors (Lipinski definition) is 4. The van der Waals surface area contributed by atoms with E-state index >= 15 is 0 Å². The fraction of sp³-hybridized carbons (Fsp3) is 0.500. The van der Waals surface area contributed by atoms with Crippen molar-refractivity contribution in [3.8, 4) is 0 Å². The molecular formula is C18H24ClN3O3. The fourth-order valence-electron chi connectivity index (χ4n) is 3.50. The van der Waals surface area contributed by atoms with Crippen LogP contribution in [0.25, 0.3) is 0 Å². The number of carbonyl (C=O) groups excluding carboxylic acids is 3. The minimum atomic E-state index is -0.566. The van der Waals surface area contributed by atoms with Crippen LogP contribution in [-0.4, -0.2) is 40.1 Å². The summed E-state index contributed by atoms with van der Waals surface area (Å²) in [4.78, 5) is 40.4. The smallest absolute Gasteiger partial charge is 0.255 e. The lowest BCUT2D eigenvalue weighted by atomic mass is 10.0.